The third-order valence-electron chi connectivity index (χ3n) is 3.81. The van der Waals surface area contributed by atoms with Gasteiger partial charge in [0.2, 0.25) is 5.91 Å². The van der Waals surface area contributed by atoms with Crippen LogP contribution >= 0.6 is 0 Å². The Hall–Kier alpha value is -2.49. The van der Waals surface area contributed by atoms with E-state index in [1.807, 2.05) is 35.2 Å². The summed E-state index contributed by atoms with van der Waals surface area (Å²) in [5, 5.41) is 9.35. The van der Waals surface area contributed by atoms with Gasteiger partial charge in [-0.05, 0) is 54.3 Å². The first-order chi connectivity index (χ1) is 10.1. The second-order valence-electron chi connectivity index (χ2n) is 5.39. The van der Waals surface area contributed by atoms with Crippen molar-refractivity contribution in [3.05, 3.63) is 53.6 Å². The molecule has 4 heteroatoms. The predicted molar refractivity (Wildman–Crippen MR) is 83.1 cm³/mol. The monoisotopic (exact) mass is 282 g/mol. The Kier molecular flexibility index (Phi) is 3.52. The zero-order valence-corrected chi connectivity index (χ0v) is 11.7. The Balaban J connectivity index is 1.95. The van der Waals surface area contributed by atoms with E-state index in [1.165, 1.54) is 0 Å². The van der Waals surface area contributed by atoms with Gasteiger partial charge in [-0.1, -0.05) is 12.1 Å². The molecule has 2 aromatic carbocycles. The van der Waals surface area contributed by atoms with Crippen LogP contribution in [0.1, 0.15) is 24.0 Å². The van der Waals surface area contributed by atoms with E-state index in [9.17, 15) is 9.90 Å². The molecule has 1 heterocycles. The van der Waals surface area contributed by atoms with Gasteiger partial charge in [0.05, 0.1) is 6.54 Å². The summed E-state index contributed by atoms with van der Waals surface area (Å²) in [6.07, 6.45) is 2.27. The first-order valence-electron chi connectivity index (χ1n) is 7.10. The van der Waals surface area contributed by atoms with Crippen molar-refractivity contribution >= 4 is 17.3 Å². The molecule has 3 N–H and O–H groups in total. The van der Waals surface area contributed by atoms with Crippen LogP contribution in [-0.4, -0.2) is 11.0 Å². The van der Waals surface area contributed by atoms with Crippen LogP contribution in [0.2, 0.25) is 0 Å². The number of nitrogen functional groups attached to an aromatic ring is 1. The molecule has 1 aliphatic rings. The van der Waals surface area contributed by atoms with Gasteiger partial charge in [0.1, 0.15) is 5.75 Å². The minimum absolute atomic E-state index is 0.131. The number of rotatable bonds is 2. The van der Waals surface area contributed by atoms with Crippen molar-refractivity contribution in [2.45, 2.75) is 25.8 Å². The van der Waals surface area contributed by atoms with Crippen LogP contribution in [0.4, 0.5) is 11.4 Å². The summed E-state index contributed by atoms with van der Waals surface area (Å²) in [6, 6.07) is 12.7. The minimum Gasteiger partial charge on any atom is -0.508 e. The smallest absolute Gasteiger partial charge is 0.227 e. The van der Waals surface area contributed by atoms with E-state index >= 15 is 0 Å². The van der Waals surface area contributed by atoms with Gasteiger partial charge in [-0.25, -0.2) is 0 Å². The molecule has 0 radical (unpaired) electrons. The standard InChI is InChI=1S/C17H18N2O2/c18-14-6-9-16-13(10-14)2-1-3-17(21)19(16)11-12-4-7-15(20)8-5-12/h4-10,20H,1-3,11,18H2. The van der Waals surface area contributed by atoms with Crippen molar-refractivity contribution in [3.63, 3.8) is 0 Å². The molecular weight excluding hydrogens is 264 g/mol. The highest BCUT2D eigenvalue weighted by molar-refractivity contribution is 5.95. The summed E-state index contributed by atoms with van der Waals surface area (Å²) in [5.74, 6) is 0.362. The van der Waals surface area contributed by atoms with Crippen LogP contribution in [0.5, 0.6) is 5.75 Å². The van der Waals surface area contributed by atoms with Gasteiger partial charge >= 0.3 is 0 Å². The summed E-state index contributed by atoms with van der Waals surface area (Å²) in [7, 11) is 0. The van der Waals surface area contributed by atoms with E-state index < -0.39 is 0 Å². The number of carbonyl (C=O) groups excluding carboxylic acids is 1. The maximum atomic E-state index is 12.4. The lowest BCUT2D eigenvalue weighted by molar-refractivity contribution is -0.118. The van der Waals surface area contributed by atoms with E-state index in [0.717, 1.165) is 35.3 Å². The molecule has 0 spiro atoms. The van der Waals surface area contributed by atoms with E-state index in [0.29, 0.717) is 13.0 Å². The molecule has 108 valence electrons. The Morgan fingerprint density at radius 3 is 2.62 bits per heavy atom. The van der Waals surface area contributed by atoms with Gasteiger partial charge in [0, 0.05) is 17.8 Å². The zero-order valence-electron chi connectivity index (χ0n) is 11.7. The number of phenolic OH excluding ortho intramolecular Hbond substituents is 1. The van der Waals surface area contributed by atoms with Crippen LogP contribution in [0, 0.1) is 0 Å². The normalized spacial score (nSPS) is 14.7. The lowest BCUT2D eigenvalue weighted by atomic mass is 10.1. The van der Waals surface area contributed by atoms with Crippen molar-refractivity contribution in [1.29, 1.82) is 0 Å². The summed E-state index contributed by atoms with van der Waals surface area (Å²) >= 11 is 0. The van der Waals surface area contributed by atoms with Crippen molar-refractivity contribution in [1.82, 2.24) is 0 Å². The molecule has 0 bridgehead atoms. The highest BCUT2D eigenvalue weighted by Crippen LogP contribution is 2.30. The number of hydrogen-bond acceptors (Lipinski definition) is 3. The number of amides is 1. The average Bonchev–Trinajstić information content (AvgIpc) is 2.61. The average molecular weight is 282 g/mol. The number of aromatic hydroxyl groups is 1. The largest absolute Gasteiger partial charge is 0.508 e. The quantitative estimate of drug-likeness (QED) is 0.832. The third kappa shape index (κ3) is 2.84. The topological polar surface area (TPSA) is 66.6 Å². The van der Waals surface area contributed by atoms with Crippen molar-refractivity contribution in [2.75, 3.05) is 10.6 Å². The first kappa shape index (κ1) is 13.5. The molecule has 0 aromatic heterocycles. The zero-order chi connectivity index (χ0) is 14.8. The van der Waals surface area contributed by atoms with Gasteiger partial charge in [-0.3, -0.25) is 4.79 Å². The molecule has 3 rings (SSSR count). The summed E-state index contributed by atoms with van der Waals surface area (Å²) in [4.78, 5) is 14.2. The number of nitrogens with two attached hydrogens (primary N) is 1. The third-order valence-corrected chi connectivity index (χ3v) is 3.81. The van der Waals surface area contributed by atoms with Crippen LogP contribution in [-0.2, 0) is 17.8 Å². The number of aryl methyl sites for hydroxylation is 1. The SMILES string of the molecule is Nc1ccc2c(c1)CCCC(=O)N2Cc1ccc(O)cc1. The van der Waals surface area contributed by atoms with Gasteiger partial charge in [0.15, 0.2) is 0 Å². The molecule has 0 saturated carbocycles. The first-order valence-corrected chi connectivity index (χ1v) is 7.10. The molecule has 1 aliphatic heterocycles. The van der Waals surface area contributed by atoms with Crippen LogP contribution in [0.3, 0.4) is 0 Å². The molecule has 2 aromatic rings. The Morgan fingerprint density at radius 1 is 1.10 bits per heavy atom. The number of hydrogen-bond donors (Lipinski definition) is 2. The van der Waals surface area contributed by atoms with E-state index in [-0.39, 0.29) is 11.7 Å². The molecule has 0 atom stereocenters. The van der Waals surface area contributed by atoms with Crippen molar-refractivity contribution < 1.29 is 9.90 Å². The molecule has 4 nitrogen and oxygen atoms in total. The molecule has 0 saturated heterocycles. The van der Waals surface area contributed by atoms with Crippen LogP contribution in [0.25, 0.3) is 0 Å². The van der Waals surface area contributed by atoms with Gasteiger partial charge < -0.3 is 15.7 Å². The van der Waals surface area contributed by atoms with Crippen molar-refractivity contribution in [2.24, 2.45) is 0 Å². The summed E-state index contributed by atoms with van der Waals surface area (Å²) in [6.45, 7) is 0.510. The lowest BCUT2D eigenvalue weighted by Gasteiger charge is -2.23. The minimum atomic E-state index is 0.131. The van der Waals surface area contributed by atoms with Crippen LogP contribution in [0.15, 0.2) is 42.5 Å². The Morgan fingerprint density at radius 2 is 1.86 bits per heavy atom. The van der Waals surface area contributed by atoms with Gasteiger partial charge in [-0.2, -0.15) is 0 Å². The molecule has 1 amide bonds. The molecule has 0 fully saturated rings. The van der Waals surface area contributed by atoms with Crippen LogP contribution < -0.4 is 10.6 Å². The number of anilines is 2. The maximum absolute atomic E-state index is 12.4. The fraction of sp³-hybridized carbons (Fsp3) is 0.235. The molecule has 21 heavy (non-hydrogen) atoms. The summed E-state index contributed by atoms with van der Waals surface area (Å²) < 4.78 is 0. The second kappa shape index (κ2) is 5.48. The number of fused-ring (bicyclic) bond motifs is 1. The number of nitrogens with zero attached hydrogens (tertiary/aromatic N) is 1. The molecular formula is C17H18N2O2. The highest BCUT2D eigenvalue weighted by atomic mass is 16.3. The number of phenols is 1. The fourth-order valence-corrected chi connectivity index (χ4v) is 2.73. The van der Waals surface area contributed by atoms with Gasteiger partial charge in [-0.15, -0.1) is 0 Å². The van der Waals surface area contributed by atoms with E-state index in [1.54, 1.807) is 12.1 Å². The Bertz CT molecular complexity index is 665. The van der Waals surface area contributed by atoms with E-state index in [4.69, 9.17) is 5.73 Å². The number of benzene rings is 2. The van der Waals surface area contributed by atoms with E-state index in [2.05, 4.69) is 0 Å². The Labute approximate surface area is 123 Å². The molecule has 0 unspecified atom stereocenters. The fourth-order valence-electron chi connectivity index (χ4n) is 2.73. The maximum Gasteiger partial charge on any atom is 0.227 e. The highest BCUT2D eigenvalue weighted by Gasteiger charge is 2.22. The molecule has 0 aliphatic carbocycles. The van der Waals surface area contributed by atoms with Gasteiger partial charge in [0.25, 0.3) is 0 Å². The second-order valence-corrected chi connectivity index (χ2v) is 5.39. The van der Waals surface area contributed by atoms with Crippen molar-refractivity contribution in [3.8, 4) is 5.75 Å². The summed E-state index contributed by atoms with van der Waals surface area (Å²) in [5.41, 5.74) is 9.64. The predicted octanol–water partition coefficient (Wildman–Crippen LogP) is 2.84. The number of carbonyl (C=O) groups is 1. The lowest BCUT2D eigenvalue weighted by Crippen LogP contribution is -2.29.